The molecule has 2 unspecified atom stereocenters. The van der Waals surface area contributed by atoms with Gasteiger partial charge in [-0.3, -0.25) is 9.59 Å². The monoisotopic (exact) mass is 398 g/mol. The molecule has 0 radical (unpaired) electrons. The van der Waals surface area contributed by atoms with Gasteiger partial charge >= 0.3 is 12.1 Å². The fourth-order valence-corrected chi connectivity index (χ4v) is 4.32. The Labute approximate surface area is 157 Å². The maximum atomic E-state index is 13.1. The van der Waals surface area contributed by atoms with E-state index in [1.807, 2.05) is 0 Å². The Morgan fingerprint density at radius 2 is 1.96 bits per heavy atom. The number of carboxylic acids is 1. The van der Waals surface area contributed by atoms with Crippen LogP contribution in [-0.4, -0.2) is 39.4 Å². The number of nitrogens with zero attached hydrogens (tertiary/aromatic N) is 1. The molecule has 0 aliphatic carbocycles. The van der Waals surface area contributed by atoms with E-state index in [2.05, 4.69) is 10.2 Å². The first-order valence-corrected chi connectivity index (χ1v) is 8.34. The standard InChI is InChI=1S/C18H17F3N2O5/c1-16-7-11(24)17(2,28-16)13(15(26)27)12(16)14(25)23-8-4-5-10(22-3)9(6-8)18(19,20)21/h4-6,11-13,24H,7H2,1-2H3,(H,23,25)(H,26,27)/t11-,12+,13-,16?,17?/m0/s1. The summed E-state index contributed by atoms with van der Waals surface area (Å²) < 4.78 is 45.1. The number of ether oxygens (including phenoxy) is 1. The predicted molar refractivity (Wildman–Crippen MR) is 89.5 cm³/mol. The maximum absolute atomic E-state index is 13.1. The van der Waals surface area contributed by atoms with E-state index in [1.54, 1.807) is 0 Å². The zero-order valence-corrected chi connectivity index (χ0v) is 14.9. The number of nitrogens with one attached hydrogen (secondary N) is 1. The Morgan fingerprint density at radius 3 is 2.50 bits per heavy atom. The number of aliphatic hydroxyl groups is 1. The minimum Gasteiger partial charge on any atom is -0.481 e. The summed E-state index contributed by atoms with van der Waals surface area (Å²) in [5.74, 6) is -4.75. The minimum absolute atomic E-state index is 0.0236. The van der Waals surface area contributed by atoms with Crippen LogP contribution in [-0.2, 0) is 20.5 Å². The molecule has 2 saturated heterocycles. The third-order valence-electron chi connectivity index (χ3n) is 5.56. The van der Waals surface area contributed by atoms with E-state index < -0.39 is 58.4 Å². The lowest BCUT2D eigenvalue weighted by Gasteiger charge is -2.35. The van der Waals surface area contributed by atoms with Gasteiger partial charge in [0.25, 0.3) is 0 Å². The number of carbonyl (C=O) groups is 2. The van der Waals surface area contributed by atoms with Crippen molar-refractivity contribution in [2.45, 2.75) is 43.8 Å². The van der Waals surface area contributed by atoms with Gasteiger partial charge in [-0.15, -0.1) is 0 Å². The van der Waals surface area contributed by atoms with E-state index in [9.17, 15) is 33.0 Å². The molecule has 5 atom stereocenters. The molecule has 0 aromatic heterocycles. The lowest BCUT2D eigenvalue weighted by Crippen LogP contribution is -2.54. The van der Waals surface area contributed by atoms with Crippen LogP contribution in [0, 0.1) is 18.4 Å². The molecule has 2 aliphatic heterocycles. The number of alkyl halides is 3. The number of hydrogen-bond acceptors (Lipinski definition) is 4. The molecule has 28 heavy (non-hydrogen) atoms. The molecule has 2 bridgehead atoms. The van der Waals surface area contributed by atoms with Crippen molar-refractivity contribution in [3.8, 4) is 0 Å². The number of aliphatic hydroxyl groups excluding tert-OH is 1. The third kappa shape index (κ3) is 2.91. The number of carbonyl (C=O) groups excluding carboxylic acids is 1. The SMILES string of the molecule is [C-]#[N+]c1ccc(NC(=O)[C@H]2[C@@H](C(=O)O)C3(C)OC2(C)C[C@@H]3O)cc1C(F)(F)F. The summed E-state index contributed by atoms with van der Waals surface area (Å²) in [6.07, 6.45) is -5.85. The number of aliphatic carboxylic acids is 1. The molecule has 2 fully saturated rings. The molecule has 7 nitrogen and oxygen atoms in total. The van der Waals surface area contributed by atoms with Crippen LogP contribution in [0.4, 0.5) is 24.5 Å². The van der Waals surface area contributed by atoms with E-state index in [1.165, 1.54) is 13.8 Å². The number of carboxylic acid groups (broad SMARTS) is 1. The van der Waals surface area contributed by atoms with Crippen LogP contribution in [0.5, 0.6) is 0 Å². The zero-order chi connectivity index (χ0) is 21.1. The second kappa shape index (κ2) is 6.18. The van der Waals surface area contributed by atoms with E-state index in [4.69, 9.17) is 11.3 Å². The van der Waals surface area contributed by atoms with Crippen molar-refractivity contribution < 1.29 is 37.7 Å². The van der Waals surface area contributed by atoms with E-state index in [0.29, 0.717) is 6.07 Å². The Morgan fingerprint density at radius 1 is 1.32 bits per heavy atom. The summed E-state index contributed by atoms with van der Waals surface area (Å²) in [6, 6.07) is 2.71. The van der Waals surface area contributed by atoms with Crippen LogP contribution in [0.15, 0.2) is 18.2 Å². The summed E-state index contributed by atoms with van der Waals surface area (Å²) in [5, 5.41) is 22.1. The van der Waals surface area contributed by atoms with Gasteiger partial charge in [0, 0.05) is 12.1 Å². The molecular formula is C18H17F3N2O5. The van der Waals surface area contributed by atoms with Crippen molar-refractivity contribution in [3.63, 3.8) is 0 Å². The van der Waals surface area contributed by atoms with E-state index >= 15 is 0 Å². The summed E-state index contributed by atoms with van der Waals surface area (Å²) in [5.41, 5.74) is -4.78. The number of hydrogen-bond donors (Lipinski definition) is 3. The van der Waals surface area contributed by atoms with Crippen molar-refractivity contribution in [3.05, 3.63) is 35.2 Å². The van der Waals surface area contributed by atoms with Gasteiger partial charge in [0.05, 0.1) is 29.8 Å². The smallest absolute Gasteiger partial charge is 0.407 e. The van der Waals surface area contributed by atoms with Gasteiger partial charge in [0.2, 0.25) is 5.91 Å². The minimum atomic E-state index is -4.79. The average Bonchev–Trinajstić information content (AvgIpc) is 2.95. The van der Waals surface area contributed by atoms with Crippen LogP contribution in [0.1, 0.15) is 25.8 Å². The van der Waals surface area contributed by atoms with Gasteiger partial charge in [-0.2, -0.15) is 13.2 Å². The molecule has 150 valence electrons. The van der Waals surface area contributed by atoms with Crippen molar-refractivity contribution >= 4 is 23.3 Å². The Hall–Kier alpha value is -2.64. The lowest BCUT2D eigenvalue weighted by molar-refractivity contribution is -0.154. The van der Waals surface area contributed by atoms with Gasteiger partial charge < -0.3 is 20.3 Å². The zero-order valence-electron chi connectivity index (χ0n) is 14.9. The maximum Gasteiger partial charge on any atom is 0.407 e. The van der Waals surface area contributed by atoms with E-state index in [-0.39, 0.29) is 12.1 Å². The molecule has 10 heteroatoms. The number of benzene rings is 1. The van der Waals surface area contributed by atoms with Crippen molar-refractivity contribution in [1.82, 2.24) is 0 Å². The lowest BCUT2D eigenvalue weighted by atomic mass is 9.66. The van der Waals surface area contributed by atoms with Gasteiger partial charge in [-0.25, -0.2) is 4.85 Å². The van der Waals surface area contributed by atoms with Gasteiger partial charge in [-0.05, 0) is 26.0 Å². The van der Waals surface area contributed by atoms with Gasteiger partial charge in [-0.1, -0.05) is 6.07 Å². The molecular weight excluding hydrogens is 381 g/mol. The number of fused-ring (bicyclic) bond motifs is 2. The van der Waals surface area contributed by atoms with Crippen molar-refractivity contribution in [2.24, 2.45) is 11.8 Å². The van der Waals surface area contributed by atoms with E-state index in [0.717, 1.165) is 12.1 Å². The first kappa shape index (κ1) is 20.1. The fraction of sp³-hybridized carbons (Fsp3) is 0.500. The number of amides is 1. The van der Waals surface area contributed by atoms with Crippen LogP contribution in [0.25, 0.3) is 4.85 Å². The molecule has 2 heterocycles. The average molecular weight is 398 g/mol. The Balaban J connectivity index is 1.94. The van der Waals surface area contributed by atoms with Crippen LogP contribution in [0.3, 0.4) is 0 Å². The molecule has 0 saturated carbocycles. The first-order valence-electron chi connectivity index (χ1n) is 8.34. The molecule has 1 amide bonds. The van der Waals surface area contributed by atoms with Crippen LogP contribution >= 0.6 is 0 Å². The van der Waals surface area contributed by atoms with Crippen molar-refractivity contribution in [1.29, 1.82) is 0 Å². The normalized spacial score (nSPS) is 34.1. The fourth-order valence-electron chi connectivity index (χ4n) is 4.32. The Bertz CT molecular complexity index is 896. The third-order valence-corrected chi connectivity index (χ3v) is 5.56. The molecule has 0 spiro atoms. The highest BCUT2D eigenvalue weighted by atomic mass is 19.4. The quantitative estimate of drug-likeness (QED) is 0.680. The highest BCUT2D eigenvalue weighted by molar-refractivity contribution is 5.97. The molecule has 1 aromatic rings. The molecule has 1 aromatic carbocycles. The highest BCUT2D eigenvalue weighted by Crippen LogP contribution is 2.57. The second-order valence-corrected chi connectivity index (χ2v) is 7.44. The molecule has 3 N–H and O–H groups in total. The number of rotatable bonds is 3. The van der Waals surface area contributed by atoms with Crippen molar-refractivity contribution in [2.75, 3.05) is 5.32 Å². The largest absolute Gasteiger partial charge is 0.481 e. The van der Waals surface area contributed by atoms with Gasteiger partial charge in [0.15, 0.2) is 5.69 Å². The highest BCUT2D eigenvalue weighted by Gasteiger charge is 2.71. The van der Waals surface area contributed by atoms with Crippen LogP contribution < -0.4 is 5.32 Å². The summed E-state index contributed by atoms with van der Waals surface area (Å²) in [6.45, 7) is 9.74. The summed E-state index contributed by atoms with van der Waals surface area (Å²) in [4.78, 5) is 27.4. The summed E-state index contributed by atoms with van der Waals surface area (Å²) >= 11 is 0. The first-order chi connectivity index (χ1) is 12.8. The Kier molecular flexibility index (Phi) is 4.44. The molecule has 2 aliphatic rings. The van der Waals surface area contributed by atoms with Crippen LogP contribution in [0.2, 0.25) is 0 Å². The summed E-state index contributed by atoms with van der Waals surface area (Å²) in [7, 11) is 0. The molecule has 3 rings (SSSR count). The predicted octanol–water partition coefficient (Wildman–Crippen LogP) is 2.82. The number of anilines is 1. The number of halogens is 3. The second-order valence-electron chi connectivity index (χ2n) is 7.44. The van der Waals surface area contributed by atoms with Gasteiger partial charge in [0.1, 0.15) is 11.5 Å². The topological polar surface area (TPSA) is 100 Å².